The predicted octanol–water partition coefficient (Wildman–Crippen LogP) is 4.65. The largest absolute Gasteiger partial charge is 0.484 e. The summed E-state index contributed by atoms with van der Waals surface area (Å²) in [5, 5.41) is 3.13. The molecule has 0 aliphatic heterocycles. The Morgan fingerprint density at radius 2 is 1.71 bits per heavy atom. The number of ether oxygens (including phenoxy) is 1. The molecule has 31 heavy (non-hydrogen) atoms. The van der Waals surface area contributed by atoms with E-state index in [1.165, 1.54) is 41.5 Å². The van der Waals surface area contributed by atoms with E-state index in [-0.39, 0.29) is 17.4 Å². The third kappa shape index (κ3) is 5.37. The number of anilines is 2. The van der Waals surface area contributed by atoms with Gasteiger partial charge in [0.05, 0.1) is 10.6 Å². The van der Waals surface area contributed by atoms with Crippen molar-refractivity contribution in [2.45, 2.75) is 24.2 Å². The summed E-state index contributed by atoms with van der Waals surface area (Å²) in [4.78, 5) is 12.3. The zero-order valence-corrected chi connectivity index (χ0v) is 18.2. The number of fused-ring (bicyclic) bond motifs is 1. The van der Waals surface area contributed by atoms with Crippen LogP contribution in [0.1, 0.15) is 17.5 Å². The predicted molar refractivity (Wildman–Crippen MR) is 121 cm³/mol. The van der Waals surface area contributed by atoms with E-state index >= 15 is 0 Å². The summed E-state index contributed by atoms with van der Waals surface area (Å²) in [6.07, 6.45) is 3.29. The molecule has 0 spiro atoms. The summed E-state index contributed by atoms with van der Waals surface area (Å²) in [7, 11) is -3.77. The van der Waals surface area contributed by atoms with Gasteiger partial charge in [0, 0.05) is 10.7 Å². The minimum absolute atomic E-state index is 0.0693. The first kappa shape index (κ1) is 21.2. The average molecular weight is 457 g/mol. The van der Waals surface area contributed by atoms with Gasteiger partial charge in [-0.3, -0.25) is 9.52 Å². The smallest absolute Gasteiger partial charge is 0.262 e. The molecule has 1 aliphatic rings. The number of sulfonamides is 1. The van der Waals surface area contributed by atoms with Crippen LogP contribution in [0.3, 0.4) is 0 Å². The molecule has 160 valence electrons. The number of aryl methyl sites for hydroxylation is 2. The molecular weight excluding hydrogens is 436 g/mol. The van der Waals surface area contributed by atoms with Gasteiger partial charge in [-0.05, 0) is 85.0 Å². The topological polar surface area (TPSA) is 84.5 Å². The van der Waals surface area contributed by atoms with E-state index in [4.69, 9.17) is 16.3 Å². The summed E-state index contributed by atoms with van der Waals surface area (Å²) in [5.74, 6) is 0.345. The van der Waals surface area contributed by atoms with Gasteiger partial charge in [-0.1, -0.05) is 23.7 Å². The molecule has 0 bridgehead atoms. The van der Waals surface area contributed by atoms with Crippen LogP contribution in [0.4, 0.5) is 11.4 Å². The Bertz CT molecular complexity index is 1210. The maximum atomic E-state index is 12.5. The van der Waals surface area contributed by atoms with Crippen molar-refractivity contribution >= 4 is 38.9 Å². The van der Waals surface area contributed by atoms with E-state index in [1.54, 1.807) is 18.2 Å². The first-order valence-corrected chi connectivity index (χ1v) is 11.7. The van der Waals surface area contributed by atoms with Gasteiger partial charge in [-0.2, -0.15) is 0 Å². The van der Waals surface area contributed by atoms with E-state index in [0.717, 1.165) is 19.3 Å². The Morgan fingerprint density at radius 1 is 0.935 bits per heavy atom. The zero-order valence-electron chi connectivity index (χ0n) is 16.6. The zero-order chi connectivity index (χ0) is 21.8. The highest BCUT2D eigenvalue weighted by molar-refractivity contribution is 7.92. The van der Waals surface area contributed by atoms with Crippen LogP contribution in [0.25, 0.3) is 0 Å². The molecule has 3 aromatic rings. The second-order valence-electron chi connectivity index (χ2n) is 7.26. The molecule has 6 nitrogen and oxygen atoms in total. The van der Waals surface area contributed by atoms with Gasteiger partial charge in [0.25, 0.3) is 15.9 Å². The van der Waals surface area contributed by atoms with E-state index in [0.29, 0.717) is 22.1 Å². The van der Waals surface area contributed by atoms with Crippen LogP contribution in [0.2, 0.25) is 5.02 Å². The fourth-order valence-corrected chi connectivity index (χ4v) is 4.71. The van der Waals surface area contributed by atoms with Crippen molar-refractivity contribution in [1.82, 2.24) is 0 Å². The third-order valence-corrected chi connectivity index (χ3v) is 6.60. The Kier molecular flexibility index (Phi) is 6.15. The monoisotopic (exact) mass is 456 g/mol. The normalized spacial score (nSPS) is 12.8. The highest BCUT2D eigenvalue weighted by atomic mass is 35.5. The molecule has 4 rings (SSSR count). The lowest BCUT2D eigenvalue weighted by atomic mass is 10.1. The second kappa shape index (κ2) is 8.99. The van der Waals surface area contributed by atoms with Crippen molar-refractivity contribution in [3.63, 3.8) is 0 Å². The first-order chi connectivity index (χ1) is 14.9. The molecule has 3 aromatic carbocycles. The molecule has 1 aliphatic carbocycles. The minimum Gasteiger partial charge on any atom is -0.484 e. The number of hydrogen-bond acceptors (Lipinski definition) is 4. The Balaban J connectivity index is 1.34. The molecule has 8 heteroatoms. The van der Waals surface area contributed by atoms with Crippen molar-refractivity contribution in [1.29, 1.82) is 0 Å². The van der Waals surface area contributed by atoms with Crippen LogP contribution in [0, 0.1) is 0 Å². The molecular formula is C23H21ClN2O4S. The lowest BCUT2D eigenvalue weighted by molar-refractivity contribution is -0.118. The summed E-state index contributed by atoms with van der Waals surface area (Å²) >= 11 is 5.89. The van der Waals surface area contributed by atoms with E-state index in [2.05, 4.69) is 10.0 Å². The number of carbonyl (C=O) groups is 1. The summed E-state index contributed by atoms with van der Waals surface area (Å²) in [6, 6.07) is 18.3. The standard InChI is InChI=1S/C23H21ClN2O4S/c24-18-5-2-6-20(14-18)26-31(28,29)22-11-8-19(9-12-22)25-23(27)15-30-21-10-7-16-3-1-4-17(16)13-21/h2,5-14,26H,1,3-4,15H2,(H,25,27). The molecule has 0 aromatic heterocycles. The number of benzene rings is 3. The van der Waals surface area contributed by atoms with E-state index in [1.807, 2.05) is 18.2 Å². The highest BCUT2D eigenvalue weighted by Gasteiger charge is 2.15. The van der Waals surface area contributed by atoms with E-state index < -0.39 is 10.0 Å². The quantitative estimate of drug-likeness (QED) is 0.542. The second-order valence-corrected chi connectivity index (χ2v) is 9.38. The maximum absolute atomic E-state index is 12.5. The minimum atomic E-state index is -3.77. The number of hydrogen-bond donors (Lipinski definition) is 2. The molecule has 0 atom stereocenters. The number of nitrogens with one attached hydrogen (secondary N) is 2. The Hall–Kier alpha value is -3.03. The van der Waals surface area contributed by atoms with Crippen LogP contribution in [0.15, 0.2) is 71.6 Å². The summed E-state index contributed by atoms with van der Waals surface area (Å²) in [6.45, 7) is -0.130. The fraction of sp³-hybridized carbons (Fsp3) is 0.174. The molecule has 2 N–H and O–H groups in total. The third-order valence-electron chi connectivity index (χ3n) is 4.97. The lowest BCUT2D eigenvalue weighted by Crippen LogP contribution is -2.20. The van der Waals surface area contributed by atoms with Crippen LogP contribution in [-0.4, -0.2) is 20.9 Å². The number of halogens is 1. The molecule has 0 unspecified atom stereocenters. The van der Waals surface area contributed by atoms with Gasteiger partial charge >= 0.3 is 0 Å². The molecule has 0 heterocycles. The molecule has 0 saturated carbocycles. The van der Waals surface area contributed by atoms with Gasteiger partial charge < -0.3 is 10.1 Å². The number of amides is 1. The Labute approximate surface area is 186 Å². The van der Waals surface area contributed by atoms with Gasteiger partial charge in [0.1, 0.15) is 5.75 Å². The van der Waals surface area contributed by atoms with Crippen molar-refractivity contribution < 1.29 is 17.9 Å². The lowest BCUT2D eigenvalue weighted by Gasteiger charge is -2.11. The average Bonchev–Trinajstić information content (AvgIpc) is 3.20. The van der Waals surface area contributed by atoms with Crippen LogP contribution in [0.5, 0.6) is 5.75 Å². The Morgan fingerprint density at radius 3 is 2.48 bits per heavy atom. The van der Waals surface area contributed by atoms with E-state index in [9.17, 15) is 13.2 Å². The van der Waals surface area contributed by atoms with Gasteiger partial charge in [0.15, 0.2) is 6.61 Å². The molecule has 0 fully saturated rings. The summed E-state index contributed by atoms with van der Waals surface area (Å²) < 4.78 is 33.1. The number of rotatable bonds is 7. The van der Waals surface area contributed by atoms with Gasteiger partial charge in [0.2, 0.25) is 0 Å². The molecule has 0 saturated heterocycles. The molecule has 1 amide bonds. The van der Waals surface area contributed by atoms with Gasteiger partial charge in [-0.15, -0.1) is 0 Å². The molecule has 0 radical (unpaired) electrons. The first-order valence-electron chi connectivity index (χ1n) is 9.82. The van der Waals surface area contributed by atoms with Crippen molar-refractivity contribution in [3.05, 3.63) is 82.9 Å². The van der Waals surface area contributed by atoms with Crippen molar-refractivity contribution in [3.8, 4) is 5.75 Å². The van der Waals surface area contributed by atoms with Crippen LogP contribution in [-0.2, 0) is 27.7 Å². The van der Waals surface area contributed by atoms with Crippen molar-refractivity contribution in [2.24, 2.45) is 0 Å². The maximum Gasteiger partial charge on any atom is 0.262 e. The summed E-state index contributed by atoms with van der Waals surface area (Å²) in [5.41, 5.74) is 3.47. The fourth-order valence-electron chi connectivity index (χ4n) is 3.47. The number of carbonyl (C=O) groups excluding carboxylic acids is 1. The highest BCUT2D eigenvalue weighted by Crippen LogP contribution is 2.26. The van der Waals surface area contributed by atoms with Crippen LogP contribution >= 0.6 is 11.6 Å². The van der Waals surface area contributed by atoms with Crippen LogP contribution < -0.4 is 14.8 Å². The van der Waals surface area contributed by atoms with Gasteiger partial charge in [-0.25, -0.2) is 8.42 Å². The van der Waals surface area contributed by atoms with Crippen molar-refractivity contribution in [2.75, 3.05) is 16.6 Å². The SMILES string of the molecule is O=C(COc1ccc2c(c1)CCC2)Nc1ccc(S(=O)(=O)Nc2cccc(Cl)c2)cc1.